The van der Waals surface area contributed by atoms with Crippen LogP contribution in [0.3, 0.4) is 0 Å². The van der Waals surface area contributed by atoms with Crippen molar-refractivity contribution in [3.8, 4) is 5.75 Å². The molecule has 132 valence electrons. The maximum atomic E-state index is 6.16. The first kappa shape index (κ1) is 18.2. The fourth-order valence-corrected chi connectivity index (χ4v) is 3.07. The number of nitrogens with zero attached hydrogens (tertiary/aromatic N) is 4. The topological polar surface area (TPSA) is 50.6 Å². The van der Waals surface area contributed by atoms with Crippen LogP contribution in [0.1, 0.15) is 11.3 Å². The van der Waals surface area contributed by atoms with Gasteiger partial charge in [0.15, 0.2) is 0 Å². The van der Waals surface area contributed by atoms with Crippen molar-refractivity contribution in [3.63, 3.8) is 0 Å². The minimum Gasteiger partial charge on any atom is -0.487 e. The molecular weight excluding hydrogens is 371 g/mol. The van der Waals surface area contributed by atoms with Gasteiger partial charge in [0.2, 0.25) is 0 Å². The summed E-state index contributed by atoms with van der Waals surface area (Å²) in [5.74, 6) is 0.615. The summed E-state index contributed by atoms with van der Waals surface area (Å²) in [6.45, 7) is 9.46. The van der Waals surface area contributed by atoms with E-state index in [0.29, 0.717) is 26.9 Å². The van der Waals surface area contributed by atoms with Crippen molar-refractivity contribution >= 4 is 46.5 Å². The van der Waals surface area contributed by atoms with Gasteiger partial charge in [-0.2, -0.15) is 5.10 Å². The lowest BCUT2D eigenvalue weighted by Gasteiger charge is -2.18. The fourth-order valence-electron chi connectivity index (χ4n) is 2.59. The standard InChI is InChI=1S/C19H16Cl2N4O/c1-4-25(22-3)17-8-12(2)24-19-13(17)6-5-7-18(19)26-11-14-15(20)9-23-10-16(14)21/h4-10H,1,3,11H2,2H3. The lowest BCUT2D eigenvalue weighted by atomic mass is 10.1. The van der Waals surface area contributed by atoms with Gasteiger partial charge < -0.3 is 4.74 Å². The summed E-state index contributed by atoms with van der Waals surface area (Å²) in [6, 6.07) is 7.59. The van der Waals surface area contributed by atoms with E-state index in [0.717, 1.165) is 16.8 Å². The van der Waals surface area contributed by atoms with Crippen LogP contribution in [-0.4, -0.2) is 16.7 Å². The predicted octanol–water partition coefficient (Wildman–Crippen LogP) is 5.39. The number of fused-ring (bicyclic) bond motifs is 1. The van der Waals surface area contributed by atoms with Gasteiger partial charge in [0.25, 0.3) is 0 Å². The van der Waals surface area contributed by atoms with Gasteiger partial charge in [-0.1, -0.05) is 41.9 Å². The highest BCUT2D eigenvalue weighted by Gasteiger charge is 2.14. The van der Waals surface area contributed by atoms with Crippen molar-refractivity contribution in [1.82, 2.24) is 9.97 Å². The van der Waals surface area contributed by atoms with Crippen LogP contribution in [0.15, 0.2) is 54.5 Å². The molecule has 5 nitrogen and oxygen atoms in total. The number of hydrogen-bond acceptors (Lipinski definition) is 5. The number of hydrazone groups is 1. The van der Waals surface area contributed by atoms with Crippen LogP contribution in [0.2, 0.25) is 10.0 Å². The third kappa shape index (κ3) is 3.49. The van der Waals surface area contributed by atoms with Crippen LogP contribution in [0.25, 0.3) is 10.9 Å². The number of pyridine rings is 2. The predicted molar refractivity (Wildman–Crippen MR) is 107 cm³/mol. The number of aryl methyl sites for hydroxylation is 1. The van der Waals surface area contributed by atoms with Gasteiger partial charge in [0.05, 0.1) is 15.7 Å². The maximum Gasteiger partial charge on any atom is 0.146 e. The molecule has 0 amide bonds. The number of hydrogen-bond donors (Lipinski definition) is 0. The molecule has 0 bridgehead atoms. The first-order valence-electron chi connectivity index (χ1n) is 7.74. The number of rotatable bonds is 6. The molecule has 0 radical (unpaired) electrons. The Labute approximate surface area is 161 Å². The van der Waals surface area contributed by atoms with Crippen LogP contribution in [-0.2, 0) is 6.61 Å². The van der Waals surface area contributed by atoms with E-state index in [1.807, 2.05) is 31.2 Å². The van der Waals surface area contributed by atoms with E-state index in [2.05, 4.69) is 28.4 Å². The van der Waals surface area contributed by atoms with Gasteiger partial charge >= 0.3 is 0 Å². The quantitative estimate of drug-likeness (QED) is 0.420. The Hall–Kier alpha value is -2.63. The average molecular weight is 387 g/mol. The molecule has 0 saturated carbocycles. The minimum absolute atomic E-state index is 0.204. The van der Waals surface area contributed by atoms with Gasteiger partial charge in [-0.05, 0) is 19.1 Å². The van der Waals surface area contributed by atoms with Crippen LogP contribution in [0.5, 0.6) is 5.75 Å². The summed E-state index contributed by atoms with van der Waals surface area (Å²) in [4.78, 5) is 8.57. The normalized spacial score (nSPS) is 10.6. The Balaban J connectivity index is 2.04. The average Bonchev–Trinajstić information content (AvgIpc) is 2.62. The Kier molecular flexibility index (Phi) is 5.40. The number of aromatic nitrogens is 2. The van der Waals surface area contributed by atoms with E-state index in [1.54, 1.807) is 11.2 Å². The van der Waals surface area contributed by atoms with Crippen LogP contribution >= 0.6 is 23.2 Å². The fraction of sp³-hybridized carbons (Fsp3) is 0.105. The van der Waals surface area contributed by atoms with E-state index < -0.39 is 0 Å². The SMILES string of the molecule is C=CN(N=C)c1cc(C)nc2c(OCc3c(Cl)cncc3Cl)cccc12. The summed E-state index contributed by atoms with van der Waals surface area (Å²) >= 11 is 12.3. The molecule has 7 heteroatoms. The van der Waals surface area contributed by atoms with Crippen molar-refractivity contribution < 1.29 is 4.74 Å². The Bertz CT molecular complexity index is 962. The second kappa shape index (κ2) is 7.72. The van der Waals surface area contributed by atoms with Crippen LogP contribution in [0, 0.1) is 6.92 Å². The maximum absolute atomic E-state index is 6.16. The van der Waals surface area contributed by atoms with Crippen molar-refractivity contribution in [3.05, 3.63) is 70.7 Å². The molecule has 0 fully saturated rings. The van der Waals surface area contributed by atoms with Gasteiger partial charge in [-0.15, -0.1) is 0 Å². The number of benzene rings is 1. The third-order valence-electron chi connectivity index (χ3n) is 3.81. The molecule has 3 aromatic rings. The molecule has 0 aliphatic rings. The van der Waals surface area contributed by atoms with E-state index in [4.69, 9.17) is 27.9 Å². The number of para-hydroxylation sites is 1. The molecule has 0 atom stereocenters. The Morgan fingerprint density at radius 2 is 2.00 bits per heavy atom. The van der Waals surface area contributed by atoms with E-state index >= 15 is 0 Å². The molecule has 0 spiro atoms. The van der Waals surface area contributed by atoms with Crippen molar-refractivity contribution in [2.24, 2.45) is 5.10 Å². The second-order valence-electron chi connectivity index (χ2n) is 5.47. The minimum atomic E-state index is 0.204. The van der Waals surface area contributed by atoms with Crippen LogP contribution in [0.4, 0.5) is 5.69 Å². The zero-order valence-electron chi connectivity index (χ0n) is 14.1. The first-order valence-corrected chi connectivity index (χ1v) is 8.50. The van der Waals surface area contributed by atoms with E-state index in [1.165, 1.54) is 12.4 Å². The first-order chi connectivity index (χ1) is 12.5. The summed E-state index contributed by atoms with van der Waals surface area (Å²) in [7, 11) is 0. The number of anilines is 1. The van der Waals surface area contributed by atoms with Gasteiger partial charge in [0, 0.05) is 42.0 Å². The van der Waals surface area contributed by atoms with E-state index in [9.17, 15) is 0 Å². The highest BCUT2D eigenvalue weighted by molar-refractivity contribution is 6.35. The molecule has 1 aromatic carbocycles. The Morgan fingerprint density at radius 1 is 1.27 bits per heavy atom. The number of ether oxygens (including phenoxy) is 1. The molecule has 2 heterocycles. The molecule has 0 unspecified atom stereocenters. The monoisotopic (exact) mass is 386 g/mol. The summed E-state index contributed by atoms with van der Waals surface area (Å²) in [5.41, 5.74) is 3.02. The van der Waals surface area contributed by atoms with Crippen molar-refractivity contribution in [2.45, 2.75) is 13.5 Å². The molecule has 0 aliphatic carbocycles. The zero-order chi connectivity index (χ0) is 18.7. The van der Waals surface area contributed by atoms with E-state index in [-0.39, 0.29) is 6.61 Å². The van der Waals surface area contributed by atoms with Gasteiger partial charge in [0.1, 0.15) is 17.9 Å². The third-order valence-corrected chi connectivity index (χ3v) is 4.46. The summed E-state index contributed by atoms with van der Waals surface area (Å²) < 4.78 is 5.97. The molecule has 2 aromatic heterocycles. The smallest absolute Gasteiger partial charge is 0.146 e. The molecule has 0 aliphatic heterocycles. The van der Waals surface area contributed by atoms with Crippen molar-refractivity contribution in [2.75, 3.05) is 5.01 Å². The summed E-state index contributed by atoms with van der Waals surface area (Å²) in [6.07, 6.45) is 4.66. The summed E-state index contributed by atoms with van der Waals surface area (Å²) in [5, 5.41) is 7.34. The lowest BCUT2D eigenvalue weighted by Crippen LogP contribution is -2.07. The molecule has 0 N–H and O–H groups in total. The highest BCUT2D eigenvalue weighted by Crippen LogP contribution is 2.33. The van der Waals surface area contributed by atoms with Crippen molar-refractivity contribution in [1.29, 1.82) is 0 Å². The van der Waals surface area contributed by atoms with Crippen LogP contribution < -0.4 is 9.75 Å². The zero-order valence-corrected chi connectivity index (χ0v) is 15.6. The lowest BCUT2D eigenvalue weighted by molar-refractivity contribution is 0.309. The Morgan fingerprint density at radius 3 is 2.65 bits per heavy atom. The molecule has 0 saturated heterocycles. The van der Waals surface area contributed by atoms with Gasteiger partial charge in [-0.3, -0.25) is 4.98 Å². The number of halogens is 2. The molecule has 3 rings (SSSR count). The molecular formula is C19H16Cl2N4O. The molecule has 26 heavy (non-hydrogen) atoms. The second-order valence-corrected chi connectivity index (χ2v) is 6.29. The largest absolute Gasteiger partial charge is 0.487 e. The van der Waals surface area contributed by atoms with Gasteiger partial charge in [-0.25, -0.2) is 9.99 Å². The highest BCUT2D eigenvalue weighted by atomic mass is 35.5.